The van der Waals surface area contributed by atoms with E-state index in [1.54, 1.807) is 11.0 Å². The van der Waals surface area contributed by atoms with Crippen LogP contribution in [0.4, 0.5) is 0 Å². The van der Waals surface area contributed by atoms with E-state index in [1.165, 1.54) is 6.08 Å². The van der Waals surface area contributed by atoms with Crippen molar-refractivity contribution in [1.82, 2.24) is 15.4 Å². The molecule has 6 heteroatoms. The molecule has 2 amide bonds. The lowest BCUT2D eigenvalue weighted by atomic mass is 9.98. The molecule has 1 aromatic heterocycles. The molecule has 6 nitrogen and oxygen atoms in total. The molecular formula is C17H19N3O3. The molecule has 1 fully saturated rings. The van der Waals surface area contributed by atoms with Crippen LogP contribution in [-0.2, 0) is 4.79 Å². The molecule has 0 spiro atoms. The van der Waals surface area contributed by atoms with Crippen molar-refractivity contribution >= 4 is 22.7 Å². The van der Waals surface area contributed by atoms with Crippen LogP contribution in [0, 0.1) is 5.92 Å². The molecule has 1 N–H and O–H groups in total. The van der Waals surface area contributed by atoms with Gasteiger partial charge in [0.1, 0.15) is 5.52 Å². The van der Waals surface area contributed by atoms with Gasteiger partial charge < -0.3 is 14.7 Å². The molecule has 3 rings (SSSR count). The standard InChI is InChI=1S/C17H19N3O3/c1-2-15(21)20-9-5-6-12(11-20)10-18-17(22)16-13-7-3-4-8-14(13)19-23-16/h2-4,7-8,12H,1,5-6,9-11H2,(H,18,22). The Balaban J connectivity index is 1.60. The van der Waals surface area contributed by atoms with Gasteiger partial charge in [0.15, 0.2) is 0 Å². The van der Waals surface area contributed by atoms with E-state index in [2.05, 4.69) is 17.1 Å². The van der Waals surface area contributed by atoms with Gasteiger partial charge in [0.05, 0.1) is 5.39 Å². The first-order valence-electron chi connectivity index (χ1n) is 7.73. The quantitative estimate of drug-likeness (QED) is 0.876. The summed E-state index contributed by atoms with van der Waals surface area (Å²) in [5.74, 6) is 0.148. The van der Waals surface area contributed by atoms with E-state index in [-0.39, 0.29) is 23.5 Å². The van der Waals surface area contributed by atoms with Crippen molar-refractivity contribution in [2.45, 2.75) is 12.8 Å². The third kappa shape index (κ3) is 3.26. The van der Waals surface area contributed by atoms with Gasteiger partial charge in [-0.25, -0.2) is 0 Å². The van der Waals surface area contributed by atoms with Crippen molar-refractivity contribution in [2.75, 3.05) is 19.6 Å². The number of nitrogens with one attached hydrogen (secondary N) is 1. The van der Waals surface area contributed by atoms with Crippen LogP contribution in [0.25, 0.3) is 10.9 Å². The minimum absolute atomic E-state index is 0.0535. The topological polar surface area (TPSA) is 75.4 Å². The summed E-state index contributed by atoms with van der Waals surface area (Å²) < 4.78 is 5.15. The van der Waals surface area contributed by atoms with Crippen LogP contribution in [-0.4, -0.2) is 41.5 Å². The number of hydrogen-bond donors (Lipinski definition) is 1. The molecule has 1 aromatic carbocycles. The van der Waals surface area contributed by atoms with Crippen LogP contribution in [0.5, 0.6) is 0 Å². The zero-order valence-electron chi connectivity index (χ0n) is 12.8. The first kappa shape index (κ1) is 15.3. The number of piperidine rings is 1. The summed E-state index contributed by atoms with van der Waals surface area (Å²) in [6.45, 7) is 5.42. The van der Waals surface area contributed by atoms with Gasteiger partial charge in [-0.3, -0.25) is 9.59 Å². The minimum Gasteiger partial charge on any atom is -0.350 e. The molecule has 1 atom stereocenters. The SMILES string of the molecule is C=CC(=O)N1CCCC(CNC(=O)c2onc3ccccc23)C1. The maximum absolute atomic E-state index is 12.3. The highest BCUT2D eigenvalue weighted by molar-refractivity contribution is 6.03. The number of hydrogen-bond acceptors (Lipinski definition) is 4. The predicted molar refractivity (Wildman–Crippen MR) is 85.8 cm³/mol. The maximum atomic E-state index is 12.3. The lowest BCUT2D eigenvalue weighted by molar-refractivity contribution is -0.127. The van der Waals surface area contributed by atoms with Crippen LogP contribution < -0.4 is 5.32 Å². The van der Waals surface area contributed by atoms with E-state index in [0.29, 0.717) is 24.0 Å². The third-order valence-electron chi connectivity index (χ3n) is 4.15. The van der Waals surface area contributed by atoms with Crippen molar-refractivity contribution < 1.29 is 14.1 Å². The fraction of sp³-hybridized carbons (Fsp3) is 0.353. The van der Waals surface area contributed by atoms with E-state index in [1.807, 2.05) is 18.2 Å². The molecule has 2 aromatic rings. The summed E-state index contributed by atoms with van der Waals surface area (Å²) in [4.78, 5) is 25.7. The van der Waals surface area contributed by atoms with E-state index in [4.69, 9.17) is 4.52 Å². The summed E-state index contributed by atoms with van der Waals surface area (Å²) in [5, 5.41) is 7.47. The first-order chi connectivity index (χ1) is 11.2. The third-order valence-corrected chi connectivity index (χ3v) is 4.15. The molecular weight excluding hydrogens is 294 g/mol. The van der Waals surface area contributed by atoms with Gasteiger partial charge in [-0.05, 0) is 37.0 Å². The molecule has 2 heterocycles. The molecule has 0 aliphatic carbocycles. The number of aromatic nitrogens is 1. The first-order valence-corrected chi connectivity index (χ1v) is 7.73. The molecule has 0 saturated carbocycles. The number of amides is 2. The van der Waals surface area contributed by atoms with E-state index in [9.17, 15) is 9.59 Å². The lowest BCUT2D eigenvalue weighted by Gasteiger charge is -2.32. The van der Waals surface area contributed by atoms with Crippen molar-refractivity contribution in [3.8, 4) is 0 Å². The molecule has 0 bridgehead atoms. The number of rotatable bonds is 4. The second-order valence-corrected chi connectivity index (χ2v) is 5.74. The van der Waals surface area contributed by atoms with E-state index < -0.39 is 0 Å². The van der Waals surface area contributed by atoms with Crippen molar-refractivity contribution in [2.24, 2.45) is 5.92 Å². The number of nitrogens with zero attached hydrogens (tertiary/aromatic N) is 2. The summed E-state index contributed by atoms with van der Waals surface area (Å²) >= 11 is 0. The zero-order valence-corrected chi connectivity index (χ0v) is 12.8. The summed E-state index contributed by atoms with van der Waals surface area (Å²) in [5.41, 5.74) is 0.665. The summed E-state index contributed by atoms with van der Waals surface area (Å²) in [6.07, 6.45) is 3.26. The normalized spacial score (nSPS) is 17.9. The van der Waals surface area contributed by atoms with Crippen LogP contribution >= 0.6 is 0 Å². The Morgan fingerprint density at radius 3 is 3.09 bits per heavy atom. The van der Waals surface area contributed by atoms with E-state index >= 15 is 0 Å². The average Bonchev–Trinajstić information content (AvgIpc) is 3.03. The number of fused-ring (bicyclic) bond motifs is 1. The second-order valence-electron chi connectivity index (χ2n) is 5.74. The molecule has 1 saturated heterocycles. The summed E-state index contributed by atoms with van der Waals surface area (Å²) in [6, 6.07) is 7.30. The number of benzene rings is 1. The van der Waals surface area contributed by atoms with Gasteiger partial charge in [-0.2, -0.15) is 0 Å². The van der Waals surface area contributed by atoms with Crippen molar-refractivity contribution in [3.63, 3.8) is 0 Å². The highest BCUT2D eigenvalue weighted by Gasteiger charge is 2.23. The molecule has 0 radical (unpaired) electrons. The molecule has 1 unspecified atom stereocenters. The zero-order chi connectivity index (χ0) is 16.2. The largest absolute Gasteiger partial charge is 0.350 e. The summed E-state index contributed by atoms with van der Waals surface area (Å²) in [7, 11) is 0. The highest BCUT2D eigenvalue weighted by atomic mass is 16.5. The Bertz CT molecular complexity index is 738. The Labute approximate surface area is 134 Å². The maximum Gasteiger partial charge on any atom is 0.290 e. The predicted octanol–water partition coefficient (Wildman–Crippen LogP) is 1.98. The molecule has 23 heavy (non-hydrogen) atoms. The van der Waals surface area contributed by atoms with Crippen molar-refractivity contribution in [3.05, 3.63) is 42.7 Å². The number of carbonyl (C=O) groups is 2. The lowest BCUT2D eigenvalue weighted by Crippen LogP contribution is -2.43. The van der Waals surface area contributed by atoms with Crippen LogP contribution in [0.2, 0.25) is 0 Å². The Morgan fingerprint density at radius 2 is 2.26 bits per heavy atom. The highest BCUT2D eigenvalue weighted by Crippen LogP contribution is 2.19. The van der Waals surface area contributed by atoms with Gasteiger partial charge in [0.2, 0.25) is 11.7 Å². The molecule has 1 aliphatic rings. The van der Waals surface area contributed by atoms with Gasteiger partial charge >= 0.3 is 0 Å². The smallest absolute Gasteiger partial charge is 0.290 e. The monoisotopic (exact) mass is 313 g/mol. The molecule has 1 aliphatic heterocycles. The average molecular weight is 313 g/mol. The van der Waals surface area contributed by atoms with Gasteiger partial charge in [0, 0.05) is 19.6 Å². The van der Waals surface area contributed by atoms with Gasteiger partial charge in [-0.1, -0.05) is 23.9 Å². The van der Waals surface area contributed by atoms with Crippen LogP contribution in [0.1, 0.15) is 23.4 Å². The van der Waals surface area contributed by atoms with Crippen LogP contribution in [0.3, 0.4) is 0 Å². The van der Waals surface area contributed by atoms with Gasteiger partial charge in [-0.15, -0.1) is 0 Å². The molecule has 120 valence electrons. The number of likely N-dealkylation sites (tertiary alicyclic amines) is 1. The fourth-order valence-electron chi connectivity index (χ4n) is 2.93. The Morgan fingerprint density at radius 1 is 1.43 bits per heavy atom. The van der Waals surface area contributed by atoms with Crippen LogP contribution in [0.15, 0.2) is 41.4 Å². The second kappa shape index (κ2) is 6.64. The number of carbonyl (C=O) groups excluding carboxylic acids is 2. The van der Waals surface area contributed by atoms with Gasteiger partial charge in [0.25, 0.3) is 5.91 Å². The Hall–Kier alpha value is -2.63. The van der Waals surface area contributed by atoms with E-state index in [0.717, 1.165) is 19.4 Å². The van der Waals surface area contributed by atoms with Crippen molar-refractivity contribution in [1.29, 1.82) is 0 Å². The Kier molecular flexibility index (Phi) is 4.41. The minimum atomic E-state index is -0.272. The fourth-order valence-corrected chi connectivity index (χ4v) is 2.93.